The van der Waals surface area contributed by atoms with Crippen LogP contribution < -0.4 is 0 Å². The summed E-state index contributed by atoms with van der Waals surface area (Å²) in [5.41, 5.74) is -1.11. The maximum absolute atomic E-state index is 12.7. The van der Waals surface area contributed by atoms with Crippen LogP contribution in [-0.4, -0.2) is 4.92 Å². The molecule has 92 valence electrons. The number of nitro groups is 1. The molecule has 0 bridgehead atoms. The molecule has 6 heteroatoms. The van der Waals surface area contributed by atoms with Gasteiger partial charge >= 0.3 is 6.18 Å². The first-order valence-electron chi connectivity index (χ1n) is 4.66. The van der Waals surface area contributed by atoms with Crippen LogP contribution in [-0.2, 0) is 6.18 Å². The lowest BCUT2D eigenvalue weighted by Crippen LogP contribution is -2.10. The predicted molar refractivity (Wildman–Crippen MR) is 57.5 cm³/mol. The highest BCUT2D eigenvalue weighted by molar-refractivity contribution is 5.68. The molecule has 0 unspecified atom stereocenters. The standard InChI is InChI=1S/C11H10F3NO2/c1-6(2)9-4-8(15(16)17)5-10(7(9)3)11(12,13)14/h4-5H,1H2,2-3H3. The second kappa shape index (κ2) is 4.20. The molecule has 3 nitrogen and oxygen atoms in total. The van der Waals surface area contributed by atoms with Crippen LogP contribution in [0.1, 0.15) is 23.6 Å². The number of non-ortho nitro benzene ring substituents is 1. The van der Waals surface area contributed by atoms with Gasteiger partial charge in [0.1, 0.15) is 0 Å². The molecule has 17 heavy (non-hydrogen) atoms. The fraction of sp³-hybridized carbons (Fsp3) is 0.273. The third-order valence-electron chi connectivity index (χ3n) is 2.37. The van der Waals surface area contributed by atoms with Gasteiger partial charge < -0.3 is 0 Å². The van der Waals surface area contributed by atoms with Gasteiger partial charge in [-0.15, -0.1) is 0 Å². The van der Waals surface area contributed by atoms with Crippen LogP contribution in [0, 0.1) is 17.0 Å². The number of hydrogen-bond donors (Lipinski definition) is 0. The van der Waals surface area contributed by atoms with Gasteiger partial charge in [0, 0.05) is 12.1 Å². The molecule has 0 saturated heterocycles. The Hall–Kier alpha value is -1.85. The van der Waals surface area contributed by atoms with Crippen molar-refractivity contribution in [2.75, 3.05) is 0 Å². The van der Waals surface area contributed by atoms with Crippen molar-refractivity contribution < 1.29 is 18.1 Å². The Morgan fingerprint density at radius 2 is 1.94 bits per heavy atom. The Kier molecular flexibility index (Phi) is 3.26. The van der Waals surface area contributed by atoms with Gasteiger partial charge in [0.2, 0.25) is 0 Å². The first-order chi connectivity index (χ1) is 7.64. The zero-order valence-corrected chi connectivity index (χ0v) is 9.26. The van der Waals surface area contributed by atoms with E-state index in [1.54, 1.807) is 0 Å². The lowest BCUT2D eigenvalue weighted by molar-refractivity contribution is -0.385. The van der Waals surface area contributed by atoms with Crippen LogP contribution in [0.5, 0.6) is 0 Å². The second-order valence-electron chi connectivity index (χ2n) is 3.70. The molecule has 0 aromatic heterocycles. The average Bonchev–Trinajstić information content (AvgIpc) is 2.15. The number of allylic oxidation sites excluding steroid dienone is 1. The molecule has 0 saturated carbocycles. The Labute approximate surface area is 95.7 Å². The van der Waals surface area contributed by atoms with Gasteiger partial charge in [-0.3, -0.25) is 10.1 Å². The molecule has 0 spiro atoms. The number of benzene rings is 1. The lowest BCUT2D eigenvalue weighted by atomic mass is 9.96. The number of nitro benzene ring substituents is 1. The minimum absolute atomic E-state index is 0.0457. The Bertz CT molecular complexity index is 492. The van der Waals surface area contributed by atoms with E-state index in [2.05, 4.69) is 6.58 Å². The summed E-state index contributed by atoms with van der Waals surface area (Å²) < 4.78 is 38.0. The van der Waals surface area contributed by atoms with Crippen molar-refractivity contribution in [3.8, 4) is 0 Å². The summed E-state index contributed by atoms with van der Waals surface area (Å²) in [6.07, 6.45) is -4.61. The van der Waals surface area contributed by atoms with E-state index in [4.69, 9.17) is 0 Å². The summed E-state index contributed by atoms with van der Waals surface area (Å²) in [6.45, 7) is 6.30. The van der Waals surface area contributed by atoms with Crippen LogP contribution in [0.4, 0.5) is 18.9 Å². The third-order valence-corrected chi connectivity index (χ3v) is 2.37. The molecular weight excluding hydrogens is 235 g/mol. The van der Waals surface area contributed by atoms with Crippen LogP contribution in [0.2, 0.25) is 0 Å². The zero-order valence-electron chi connectivity index (χ0n) is 9.26. The molecule has 0 fully saturated rings. The van der Waals surface area contributed by atoms with E-state index in [0.29, 0.717) is 11.6 Å². The molecule has 0 radical (unpaired) electrons. The van der Waals surface area contributed by atoms with Gasteiger partial charge in [-0.2, -0.15) is 13.2 Å². The molecule has 0 amide bonds. The lowest BCUT2D eigenvalue weighted by Gasteiger charge is -2.13. The van der Waals surface area contributed by atoms with Gasteiger partial charge in [0.15, 0.2) is 0 Å². The van der Waals surface area contributed by atoms with Crippen molar-refractivity contribution in [1.29, 1.82) is 0 Å². The Balaban J connectivity index is 3.60. The summed E-state index contributed by atoms with van der Waals surface area (Å²) in [7, 11) is 0. The number of rotatable bonds is 2. The summed E-state index contributed by atoms with van der Waals surface area (Å²) in [4.78, 5) is 9.73. The van der Waals surface area contributed by atoms with Gasteiger partial charge in [0.05, 0.1) is 10.5 Å². The van der Waals surface area contributed by atoms with Gasteiger partial charge in [-0.05, 0) is 25.0 Å². The van der Waals surface area contributed by atoms with Crippen molar-refractivity contribution in [3.05, 3.63) is 45.5 Å². The van der Waals surface area contributed by atoms with E-state index in [-0.39, 0.29) is 11.1 Å². The molecule has 0 aliphatic carbocycles. The molecule has 0 N–H and O–H groups in total. The minimum Gasteiger partial charge on any atom is -0.258 e. The van der Waals surface area contributed by atoms with Crippen LogP contribution >= 0.6 is 0 Å². The van der Waals surface area contributed by atoms with E-state index >= 15 is 0 Å². The second-order valence-corrected chi connectivity index (χ2v) is 3.70. The van der Waals surface area contributed by atoms with Crippen LogP contribution in [0.25, 0.3) is 5.57 Å². The number of hydrogen-bond acceptors (Lipinski definition) is 2. The zero-order chi connectivity index (χ0) is 13.4. The number of alkyl halides is 3. The van der Waals surface area contributed by atoms with E-state index in [1.165, 1.54) is 13.8 Å². The molecule has 0 atom stereocenters. The smallest absolute Gasteiger partial charge is 0.258 e. The SMILES string of the molecule is C=C(C)c1cc([N+](=O)[O-])cc(C(F)(F)F)c1C. The molecule has 1 aromatic carbocycles. The van der Waals surface area contributed by atoms with Crippen molar-refractivity contribution in [1.82, 2.24) is 0 Å². The molecular formula is C11H10F3NO2. The summed E-state index contributed by atoms with van der Waals surface area (Å²) in [5, 5.41) is 10.6. The Morgan fingerprint density at radius 1 is 1.41 bits per heavy atom. The topological polar surface area (TPSA) is 43.1 Å². The molecule has 1 aromatic rings. The van der Waals surface area contributed by atoms with Crippen molar-refractivity contribution in [2.24, 2.45) is 0 Å². The van der Waals surface area contributed by atoms with E-state index in [1.807, 2.05) is 0 Å². The number of halogens is 3. The molecule has 0 heterocycles. The predicted octanol–water partition coefficient (Wildman–Crippen LogP) is 3.96. The quantitative estimate of drug-likeness (QED) is 0.584. The maximum atomic E-state index is 12.7. The molecule has 1 rings (SSSR count). The normalized spacial score (nSPS) is 11.4. The monoisotopic (exact) mass is 245 g/mol. The molecule has 0 aliphatic heterocycles. The largest absolute Gasteiger partial charge is 0.416 e. The van der Waals surface area contributed by atoms with E-state index in [9.17, 15) is 23.3 Å². The van der Waals surface area contributed by atoms with Crippen molar-refractivity contribution in [2.45, 2.75) is 20.0 Å². The highest BCUT2D eigenvalue weighted by atomic mass is 19.4. The van der Waals surface area contributed by atoms with Gasteiger partial charge in [-0.25, -0.2) is 0 Å². The van der Waals surface area contributed by atoms with Crippen molar-refractivity contribution >= 4 is 11.3 Å². The Morgan fingerprint density at radius 3 is 2.29 bits per heavy atom. The highest BCUT2D eigenvalue weighted by Gasteiger charge is 2.35. The average molecular weight is 245 g/mol. The molecule has 0 aliphatic rings. The van der Waals surface area contributed by atoms with Gasteiger partial charge in [0.25, 0.3) is 5.69 Å². The van der Waals surface area contributed by atoms with Crippen LogP contribution in [0.3, 0.4) is 0 Å². The third kappa shape index (κ3) is 2.64. The summed E-state index contributed by atoms with van der Waals surface area (Å²) in [5.74, 6) is 0. The van der Waals surface area contributed by atoms with E-state index < -0.39 is 22.4 Å². The highest BCUT2D eigenvalue weighted by Crippen LogP contribution is 2.37. The first-order valence-corrected chi connectivity index (χ1v) is 4.66. The number of nitrogens with zero attached hydrogens (tertiary/aromatic N) is 1. The fourth-order valence-corrected chi connectivity index (χ4v) is 1.54. The van der Waals surface area contributed by atoms with Gasteiger partial charge in [-0.1, -0.05) is 12.2 Å². The fourth-order valence-electron chi connectivity index (χ4n) is 1.54. The summed E-state index contributed by atoms with van der Waals surface area (Å²) >= 11 is 0. The van der Waals surface area contributed by atoms with Crippen LogP contribution in [0.15, 0.2) is 18.7 Å². The maximum Gasteiger partial charge on any atom is 0.416 e. The van der Waals surface area contributed by atoms with Crippen molar-refractivity contribution in [3.63, 3.8) is 0 Å². The van der Waals surface area contributed by atoms with E-state index in [0.717, 1.165) is 6.07 Å². The minimum atomic E-state index is -4.61. The first kappa shape index (κ1) is 13.2. The summed E-state index contributed by atoms with van der Waals surface area (Å²) in [6, 6.07) is 1.65.